The first-order chi connectivity index (χ1) is 12.9. The minimum atomic E-state index is -0.652. The maximum absolute atomic E-state index is 12.1. The number of amides is 1. The SMILES string of the molecule is CCOc1cc(C(=O)OCC(=O)Nc2ccc(C(C)=O)cc2)ccc1OC. The summed E-state index contributed by atoms with van der Waals surface area (Å²) in [7, 11) is 1.50. The molecule has 0 fully saturated rings. The number of methoxy groups -OCH3 is 1. The van der Waals surface area contributed by atoms with Crippen molar-refractivity contribution in [3.63, 3.8) is 0 Å². The molecule has 7 nitrogen and oxygen atoms in total. The molecule has 1 amide bonds. The van der Waals surface area contributed by atoms with Gasteiger partial charge in [0.25, 0.3) is 5.91 Å². The number of nitrogens with one attached hydrogen (secondary N) is 1. The maximum atomic E-state index is 12.1. The van der Waals surface area contributed by atoms with Crippen LogP contribution in [0.15, 0.2) is 42.5 Å². The average Bonchev–Trinajstić information content (AvgIpc) is 2.66. The average molecular weight is 371 g/mol. The van der Waals surface area contributed by atoms with Crippen LogP contribution >= 0.6 is 0 Å². The van der Waals surface area contributed by atoms with Crippen molar-refractivity contribution >= 4 is 23.3 Å². The maximum Gasteiger partial charge on any atom is 0.338 e. The molecule has 0 spiro atoms. The van der Waals surface area contributed by atoms with Crippen molar-refractivity contribution in [2.24, 2.45) is 0 Å². The number of benzene rings is 2. The van der Waals surface area contributed by atoms with Gasteiger partial charge in [0.2, 0.25) is 0 Å². The molecule has 0 saturated heterocycles. The summed E-state index contributed by atoms with van der Waals surface area (Å²) in [6, 6.07) is 11.1. The van der Waals surface area contributed by atoms with E-state index in [1.807, 2.05) is 6.92 Å². The van der Waals surface area contributed by atoms with Crippen molar-refractivity contribution in [3.05, 3.63) is 53.6 Å². The van der Waals surface area contributed by atoms with Crippen molar-refractivity contribution < 1.29 is 28.6 Å². The number of esters is 1. The second-order valence-electron chi connectivity index (χ2n) is 5.56. The lowest BCUT2D eigenvalue weighted by Gasteiger charge is -2.11. The van der Waals surface area contributed by atoms with Crippen molar-refractivity contribution in [1.29, 1.82) is 0 Å². The molecule has 7 heteroatoms. The van der Waals surface area contributed by atoms with Crippen LogP contribution in [0.3, 0.4) is 0 Å². The van der Waals surface area contributed by atoms with Gasteiger partial charge >= 0.3 is 5.97 Å². The molecular formula is C20H21NO6. The highest BCUT2D eigenvalue weighted by Gasteiger charge is 2.14. The molecule has 27 heavy (non-hydrogen) atoms. The number of Topliss-reactive ketones (excluding diaryl/α,β-unsaturated/α-hetero) is 1. The van der Waals surface area contributed by atoms with Gasteiger partial charge in [0, 0.05) is 11.3 Å². The van der Waals surface area contributed by atoms with Gasteiger partial charge in [0.05, 0.1) is 19.3 Å². The predicted octanol–water partition coefficient (Wildman–Crippen LogP) is 3.09. The Hall–Kier alpha value is -3.35. The van der Waals surface area contributed by atoms with Gasteiger partial charge in [0.15, 0.2) is 23.9 Å². The van der Waals surface area contributed by atoms with E-state index in [1.165, 1.54) is 26.2 Å². The zero-order chi connectivity index (χ0) is 19.8. The number of ether oxygens (including phenoxy) is 3. The normalized spacial score (nSPS) is 10.0. The molecule has 0 saturated carbocycles. The topological polar surface area (TPSA) is 90.9 Å². The minimum Gasteiger partial charge on any atom is -0.493 e. The highest BCUT2D eigenvalue weighted by atomic mass is 16.5. The first-order valence-electron chi connectivity index (χ1n) is 8.33. The molecule has 1 N–H and O–H groups in total. The first kappa shape index (κ1) is 20.0. The molecule has 0 aliphatic carbocycles. The Kier molecular flexibility index (Phi) is 6.93. The monoisotopic (exact) mass is 371 g/mol. The summed E-state index contributed by atoms with van der Waals surface area (Å²) >= 11 is 0. The third-order valence-electron chi connectivity index (χ3n) is 3.61. The highest BCUT2D eigenvalue weighted by Crippen LogP contribution is 2.28. The Bertz CT molecular complexity index is 829. The van der Waals surface area contributed by atoms with Crippen LogP contribution in [0.4, 0.5) is 5.69 Å². The van der Waals surface area contributed by atoms with Gasteiger partial charge in [0.1, 0.15) is 0 Å². The third kappa shape index (κ3) is 5.57. The zero-order valence-corrected chi connectivity index (χ0v) is 15.4. The van der Waals surface area contributed by atoms with Crippen LogP contribution in [0.5, 0.6) is 11.5 Å². The second kappa shape index (κ2) is 9.38. The highest BCUT2D eigenvalue weighted by molar-refractivity contribution is 5.97. The van der Waals surface area contributed by atoms with Gasteiger partial charge in [-0.25, -0.2) is 4.79 Å². The van der Waals surface area contributed by atoms with E-state index >= 15 is 0 Å². The lowest BCUT2D eigenvalue weighted by atomic mass is 10.1. The van der Waals surface area contributed by atoms with Crippen molar-refractivity contribution in [2.75, 3.05) is 25.6 Å². The van der Waals surface area contributed by atoms with E-state index in [4.69, 9.17) is 14.2 Å². The molecule has 142 valence electrons. The molecule has 2 aromatic rings. The van der Waals surface area contributed by atoms with E-state index in [-0.39, 0.29) is 11.3 Å². The van der Waals surface area contributed by atoms with Crippen molar-refractivity contribution in [3.8, 4) is 11.5 Å². The van der Waals surface area contributed by atoms with Crippen LogP contribution in [-0.4, -0.2) is 38.0 Å². The molecule has 0 aliphatic heterocycles. The lowest BCUT2D eigenvalue weighted by Crippen LogP contribution is -2.21. The number of hydrogen-bond donors (Lipinski definition) is 1. The number of carbonyl (C=O) groups excluding carboxylic acids is 3. The Morgan fingerprint density at radius 2 is 1.63 bits per heavy atom. The lowest BCUT2D eigenvalue weighted by molar-refractivity contribution is -0.119. The fraction of sp³-hybridized carbons (Fsp3) is 0.250. The van der Waals surface area contributed by atoms with Gasteiger partial charge in [-0.15, -0.1) is 0 Å². The van der Waals surface area contributed by atoms with Crippen LogP contribution in [0.2, 0.25) is 0 Å². The second-order valence-corrected chi connectivity index (χ2v) is 5.56. The smallest absolute Gasteiger partial charge is 0.338 e. The van der Waals surface area contributed by atoms with Gasteiger partial charge in [-0.1, -0.05) is 0 Å². The summed E-state index contributed by atoms with van der Waals surface area (Å²) < 4.78 is 15.6. The summed E-state index contributed by atoms with van der Waals surface area (Å²) in [6.07, 6.45) is 0. The van der Waals surface area contributed by atoms with Crippen molar-refractivity contribution in [1.82, 2.24) is 0 Å². The molecule has 0 bridgehead atoms. The van der Waals surface area contributed by atoms with Gasteiger partial charge < -0.3 is 19.5 Å². The Morgan fingerprint density at radius 3 is 2.22 bits per heavy atom. The van der Waals surface area contributed by atoms with E-state index in [9.17, 15) is 14.4 Å². The number of rotatable bonds is 8. The molecule has 0 aliphatic rings. The quantitative estimate of drug-likeness (QED) is 0.566. The summed E-state index contributed by atoms with van der Waals surface area (Å²) in [5.41, 5.74) is 1.30. The molecule has 2 aromatic carbocycles. The Labute approximate surface area is 157 Å². The largest absolute Gasteiger partial charge is 0.493 e. The van der Waals surface area contributed by atoms with Gasteiger partial charge in [-0.2, -0.15) is 0 Å². The van der Waals surface area contributed by atoms with Crippen LogP contribution in [0.1, 0.15) is 34.6 Å². The standard InChI is InChI=1S/C20H21NO6/c1-4-26-18-11-15(7-10-17(18)25-3)20(24)27-12-19(23)21-16-8-5-14(6-9-16)13(2)22/h5-11H,4,12H2,1-3H3,(H,21,23). The fourth-order valence-corrected chi connectivity index (χ4v) is 2.27. The summed E-state index contributed by atoms with van der Waals surface area (Å²) in [6.45, 7) is 3.25. The van der Waals surface area contributed by atoms with Crippen LogP contribution in [0.25, 0.3) is 0 Å². The number of anilines is 1. The van der Waals surface area contributed by atoms with Crippen LogP contribution < -0.4 is 14.8 Å². The molecule has 0 aromatic heterocycles. The molecule has 0 atom stereocenters. The van der Waals surface area contributed by atoms with E-state index in [2.05, 4.69) is 5.32 Å². The van der Waals surface area contributed by atoms with Crippen molar-refractivity contribution in [2.45, 2.75) is 13.8 Å². The molecule has 0 unspecified atom stereocenters. The number of carbonyl (C=O) groups is 3. The van der Waals surface area contributed by atoms with Gasteiger partial charge in [-0.3, -0.25) is 9.59 Å². The predicted molar refractivity (Wildman–Crippen MR) is 99.5 cm³/mol. The fourth-order valence-electron chi connectivity index (χ4n) is 2.27. The third-order valence-corrected chi connectivity index (χ3v) is 3.61. The van der Waals surface area contributed by atoms with Crippen LogP contribution in [-0.2, 0) is 9.53 Å². The Morgan fingerprint density at radius 1 is 0.963 bits per heavy atom. The Balaban J connectivity index is 1.93. The minimum absolute atomic E-state index is 0.0623. The van der Waals surface area contributed by atoms with E-state index in [1.54, 1.807) is 30.3 Å². The summed E-state index contributed by atoms with van der Waals surface area (Å²) in [4.78, 5) is 35.3. The van der Waals surface area contributed by atoms with E-state index in [0.29, 0.717) is 29.4 Å². The van der Waals surface area contributed by atoms with Gasteiger partial charge in [-0.05, 0) is 56.3 Å². The molecule has 0 heterocycles. The molecule has 2 rings (SSSR count). The zero-order valence-electron chi connectivity index (χ0n) is 15.4. The van der Waals surface area contributed by atoms with E-state index < -0.39 is 18.5 Å². The molecule has 0 radical (unpaired) electrons. The summed E-state index contributed by atoms with van der Waals surface area (Å²) in [5.74, 6) is -0.282. The number of hydrogen-bond acceptors (Lipinski definition) is 6. The molecular weight excluding hydrogens is 350 g/mol. The number of ketones is 1. The van der Waals surface area contributed by atoms with E-state index in [0.717, 1.165) is 0 Å². The summed E-state index contributed by atoms with van der Waals surface area (Å²) in [5, 5.41) is 2.59. The first-order valence-corrected chi connectivity index (χ1v) is 8.33. The van der Waals surface area contributed by atoms with Crippen LogP contribution in [0, 0.1) is 0 Å².